The van der Waals surface area contributed by atoms with Gasteiger partial charge in [0.2, 0.25) is 0 Å². The van der Waals surface area contributed by atoms with Crippen LogP contribution in [0.15, 0.2) is 47.5 Å². The average Bonchev–Trinajstić information content (AvgIpc) is 3.42. The molecule has 6 nitrogen and oxygen atoms in total. The lowest BCUT2D eigenvalue weighted by atomic mass is 10.00. The van der Waals surface area contributed by atoms with E-state index in [1.807, 2.05) is 18.7 Å². The van der Waals surface area contributed by atoms with Gasteiger partial charge in [0.1, 0.15) is 6.17 Å². The standard InChI is InChI=1S/C28H25F7N4O2S/c1-15(2)37-8-7-23(21(29)14-37)39-25(40)24(42-26(39)41)10-16-3-6-22-18(9-16)12-36-38(22)13-17-4-5-19(27(30,31)32)11-20(17)28(33,34)35/h3-6,9-12,15,21,23H,7-8,13-14H2,1-2H3/b24-10-/t21-,23?/m1/s1. The first-order valence-electron chi connectivity index (χ1n) is 13.0. The fraction of sp³-hybridized carbons (Fsp3) is 0.393. The van der Waals surface area contributed by atoms with Crippen molar-refractivity contribution in [3.05, 3.63) is 69.8 Å². The summed E-state index contributed by atoms with van der Waals surface area (Å²) >= 11 is 0.709. The molecule has 3 aromatic rings. The Morgan fingerprint density at radius 2 is 1.79 bits per heavy atom. The van der Waals surface area contributed by atoms with Gasteiger partial charge >= 0.3 is 12.4 Å². The number of nitrogens with zero attached hydrogens (tertiary/aromatic N) is 4. The summed E-state index contributed by atoms with van der Waals surface area (Å²) in [6, 6.07) is 5.50. The number of thioether (sulfide) groups is 1. The molecular formula is C28H25F7N4O2S. The van der Waals surface area contributed by atoms with E-state index in [1.165, 1.54) is 17.0 Å². The van der Waals surface area contributed by atoms with E-state index in [1.54, 1.807) is 18.2 Å². The van der Waals surface area contributed by atoms with E-state index >= 15 is 0 Å². The Kier molecular flexibility index (Phi) is 7.90. The van der Waals surface area contributed by atoms with E-state index in [2.05, 4.69) is 5.10 Å². The number of imide groups is 1. The Morgan fingerprint density at radius 3 is 2.43 bits per heavy atom. The summed E-state index contributed by atoms with van der Waals surface area (Å²) in [5.74, 6) is -0.589. The topological polar surface area (TPSA) is 58.4 Å². The number of piperidine rings is 1. The van der Waals surface area contributed by atoms with Gasteiger partial charge in [0.05, 0.1) is 40.3 Å². The van der Waals surface area contributed by atoms with Crippen molar-refractivity contribution < 1.29 is 40.3 Å². The Balaban J connectivity index is 1.37. The second kappa shape index (κ2) is 11.0. The van der Waals surface area contributed by atoms with Gasteiger partial charge in [0.25, 0.3) is 11.1 Å². The van der Waals surface area contributed by atoms with Crippen molar-refractivity contribution >= 4 is 39.9 Å². The van der Waals surface area contributed by atoms with Crippen molar-refractivity contribution in [1.29, 1.82) is 0 Å². The molecule has 0 aliphatic carbocycles. The molecule has 2 atom stereocenters. The van der Waals surface area contributed by atoms with Crippen LogP contribution in [0.25, 0.3) is 17.0 Å². The molecule has 0 N–H and O–H groups in total. The molecule has 1 unspecified atom stereocenters. The van der Waals surface area contributed by atoms with Crippen LogP contribution in [0.4, 0.5) is 35.5 Å². The lowest BCUT2D eigenvalue weighted by molar-refractivity contribution is -0.143. The number of fused-ring (bicyclic) bond motifs is 1. The van der Waals surface area contributed by atoms with Crippen molar-refractivity contribution in [2.45, 2.75) is 57.4 Å². The van der Waals surface area contributed by atoms with Crippen molar-refractivity contribution in [2.24, 2.45) is 0 Å². The third-order valence-corrected chi connectivity index (χ3v) is 8.33. The predicted octanol–water partition coefficient (Wildman–Crippen LogP) is 6.98. The summed E-state index contributed by atoms with van der Waals surface area (Å²) in [7, 11) is 0. The normalized spacial score (nSPS) is 21.9. The Morgan fingerprint density at radius 1 is 1.05 bits per heavy atom. The fourth-order valence-corrected chi connectivity index (χ4v) is 6.12. The van der Waals surface area contributed by atoms with Crippen LogP contribution in [-0.2, 0) is 23.7 Å². The van der Waals surface area contributed by atoms with Crippen LogP contribution >= 0.6 is 11.8 Å². The third-order valence-electron chi connectivity index (χ3n) is 7.45. The van der Waals surface area contributed by atoms with Gasteiger partial charge < -0.3 is 0 Å². The molecule has 0 bridgehead atoms. The maximum Gasteiger partial charge on any atom is 0.416 e. The van der Waals surface area contributed by atoms with Crippen molar-refractivity contribution in [2.75, 3.05) is 13.1 Å². The number of aromatic nitrogens is 2. The highest BCUT2D eigenvalue weighted by Crippen LogP contribution is 2.39. The Labute approximate surface area is 240 Å². The number of carbonyl (C=O) groups excluding carboxylic acids is 2. The molecule has 3 heterocycles. The summed E-state index contributed by atoms with van der Waals surface area (Å²) in [5.41, 5.74) is -2.28. The second-order valence-corrected chi connectivity index (χ2v) is 11.5. The van der Waals surface area contributed by atoms with Gasteiger partial charge in [-0.25, -0.2) is 4.39 Å². The molecule has 2 aliphatic rings. The molecule has 2 aromatic carbocycles. The maximum atomic E-state index is 15.0. The van der Waals surface area contributed by atoms with Gasteiger partial charge in [-0.3, -0.25) is 24.1 Å². The van der Waals surface area contributed by atoms with E-state index in [0.717, 1.165) is 11.0 Å². The molecule has 2 fully saturated rings. The first-order chi connectivity index (χ1) is 19.6. The molecule has 1 aromatic heterocycles. The van der Waals surface area contributed by atoms with Crippen molar-refractivity contribution in [1.82, 2.24) is 19.6 Å². The van der Waals surface area contributed by atoms with E-state index in [-0.39, 0.29) is 29.1 Å². The van der Waals surface area contributed by atoms with Crippen LogP contribution in [-0.4, -0.2) is 62.1 Å². The highest BCUT2D eigenvalue weighted by Gasteiger charge is 2.45. The molecule has 0 radical (unpaired) electrons. The van der Waals surface area contributed by atoms with Crippen LogP contribution in [0.2, 0.25) is 0 Å². The minimum absolute atomic E-state index is 0.0882. The highest BCUT2D eigenvalue weighted by molar-refractivity contribution is 8.18. The molecule has 2 saturated heterocycles. The number of amides is 2. The van der Waals surface area contributed by atoms with Gasteiger partial charge in [-0.1, -0.05) is 12.1 Å². The minimum atomic E-state index is -5.01. The number of likely N-dealkylation sites (tertiary alicyclic amines) is 1. The quantitative estimate of drug-likeness (QED) is 0.229. The number of halogens is 7. The number of hydrogen-bond acceptors (Lipinski definition) is 5. The Bertz CT molecular complexity index is 1560. The molecular weight excluding hydrogens is 589 g/mol. The minimum Gasteiger partial charge on any atom is -0.298 e. The zero-order valence-corrected chi connectivity index (χ0v) is 23.2. The van der Waals surface area contributed by atoms with Crippen LogP contribution in [0.5, 0.6) is 0 Å². The van der Waals surface area contributed by atoms with Crippen molar-refractivity contribution in [3.8, 4) is 0 Å². The molecule has 224 valence electrons. The van der Waals surface area contributed by atoms with E-state index in [4.69, 9.17) is 0 Å². The summed E-state index contributed by atoms with van der Waals surface area (Å²) in [4.78, 5) is 28.9. The van der Waals surface area contributed by atoms with E-state index in [0.29, 0.717) is 47.3 Å². The monoisotopic (exact) mass is 614 g/mol. The zero-order valence-electron chi connectivity index (χ0n) is 22.3. The molecule has 0 spiro atoms. The molecule has 2 aliphatic heterocycles. The van der Waals surface area contributed by atoms with Crippen LogP contribution < -0.4 is 0 Å². The number of rotatable bonds is 5. The van der Waals surface area contributed by atoms with Crippen LogP contribution in [0, 0.1) is 0 Å². The molecule has 42 heavy (non-hydrogen) atoms. The van der Waals surface area contributed by atoms with Crippen LogP contribution in [0.1, 0.15) is 42.5 Å². The van der Waals surface area contributed by atoms with E-state index in [9.17, 15) is 40.3 Å². The lowest BCUT2D eigenvalue weighted by Gasteiger charge is -2.39. The average molecular weight is 615 g/mol. The van der Waals surface area contributed by atoms with Gasteiger partial charge in [0, 0.05) is 24.5 Å². The molecule has 5 rings (SSSR count). The number of alkyl halides is 7. The largest absolute Gasteiger partial charge is 0.416 e. The van der Waals surface area contributed by atoms with Crippen LogP contribution in [0.3, 0.4) is 0 Å². The lowest BCUT2D eigenvalue weighted by Crippen LogP contribution is -2.55. The smallest absolute Gasteiger partial charge is 0.298 e. The number of hydrogen-bond donors (Lipinski definition) is 0. The fourth-order valence-electron chi connectivity index (χ4n) is 5.23. The first kappa shape index (κ1) is 30.1. The van der Waals surface area contributed by atoms with Gasteiger partial charge in [-0.05, 0) is 73.5 Å². The number of benzene rings is 2. The summed E-state index contributed by atoms with van der Waals surface area (Å²) in [6.45, 7) is 4.15. The predicted molar refractivity (Wildman–Crippen MR) is 143 cm³/mol. The molecule has 0 saturated carbocycles. The first-order valence-corrected chi connectivity index (χ1v) is 13.8. The second-order valence-electron chi connectivity index (χ2n) is 10.5. The summed E-state index contributed by atoms with van der Waals surface area (Å²) < 4.78 is 96.1. The Hall–Kier alpha value is -3.39. The van der Waals surface area contributed by atoms with E-state index < -0.39 is 53.4 Å². The number of carbonyl (C=O) groups is 2. The van der Waals surface area contributed by atoms with Gasteiger partial charge in [-0.2, -0.15) is 31.4 Å². The van der Waals surface area contributed by atoms with Gasteiger partial charge in [-0.15, -0.1) is 0 Å². The van der Waals surface area contributed by atoms with Crippen molar-refractivity contribution in [3.63, 3.8) is 0 Å². The molecule has 2 amide bonds. The highest BCUT2D eigenvalue weighted by atomic mass is 32.2. The maximum absolute atomic E-state index is 15.0. The summed E-state index contributed by atoms with van der Waals surface area (Å²) in [6.07, 6.45) is -8.13. The van der Waals surface area contributed by atoms with Gasteiger partial charge in [0.15, 0.2) is 0 Å². The summed E-state index contributed by atoms with van der Waals surface area (Å²) in [5, 5.41) is 4.05. The third kappa shape index (κ3) is 5.91. The molecule has 14 heteroatoms. The SMILES string of the molecule is CC(C)N1CCC(N2C(=O)S/C(=C\c3ccc4c(cnn4Cc4ccc(C(F)(F)F)cc4C(F)(F)F)c3)C2=O)[C@H](F)C1. The zero-order chi connectivity index (χ0) is 30.6.